The molecular weight excluding hydrogens is 244 g/mol. The Morgan fingerprint density at radius 1 is 1.47 bits per heavy atom. The first-order valence-corrected chi connectivity index (χ1v) is 7.22. The molecule has 1 fully saturated rings. The Labute approximate surface area is 116 Å². The molecule has 0 heterocycles. The number of nitrogens with one attached hydrogen (secondary N) is 1. The molecule has 0 aliphatic heterocycles. The lowest BCUT2D eigenvalue weighted by molar-refractivity contribution is -0.144. The summed E-state index contributed by atoms with van der Waals surface area (Å²) in [4.78, 5) is 13.4. The Kier molecular flexibility index (Phi) is 6.75. The third-order valence-corrected chi connectivity index (χ3v) is 3.70. The molecule has 0 saturated heterocycles. The molecule has 1 aliphatic rings. The van der Waals surface area contributed by atoms with Gasteiger partial charge in [0, 0.05) is 19.7 Å². The van der Waals surface area contributed by atoms with E-state index in [2.05, 4.69) is 10.2 Å². The van der Waals surface area contributed by atoms with Crippen LogP contribution in [0.3, 0.4) is 0 Å². The van der Waals surface area contributed by atoms with Gasteiger partial charge in [-0.25, -0.2) is 0 Å². The molecule has 0 bridgehead atoms. The molecule has 5 nitrogen and oxygen atoms in total. The van der Waals surface area contributed by atoms with Crippen molar-refractivity contribution in [1.82, 2.24) is 10.2 Å². The Hall–Kier alpha value is -0.650. The lowest BCUT2D eigenvalue weighted by atomic mass is 9.97. The lowest BCUT2D eigenvalue weighted by Crippen LogP contribution is -2.51. The van der Waals surface area contributed by atoms with Crippen LogP contribution >= 0.6 is 0 Å². The number of likely N-dealkylation sites (N-methyl/N-ethyl adjacent to an activating group) is 2. The van der Waals surface area contributed by atoms with Crippen LogP contribution in [-0.2, 0) is 9.53 Å². The molecule has 1 unspecified atom stereocenters. The second-order valence-electron chi connectivity index (χ2n) is 5.74. The minimum absolute atomic E-state index is 0.593. The van der Waals surface area contributed by atoms with Crippen molar-refractivity contribution in [2.75, 3.05) is 39.9 Å². The highest BCUT2D eigenvalue weighted by Crippen LogP contribution is 2.28. The predicted octanol–water partition coefficient (Wildman–Crippen LogP) is 1.19. The van der Waals surface area contributed by atoms with E-state index < -0.39 is 11.5 Å². The SMILES string of the molecule is CCNC(C)(CCN(C)CCOCC1CC1)C(=O)O. The van der Waals surface area contributed by atoms with Gasteiger partial charge in [0.05, 0.1) is 6.61 Å². The molecule has 5 heteroatoms. The first kappa shape index (κ1) is 16.4. The van der Waals surface area contributed by atoms with Crippen molar-refractivity contribution in [2.45, 2.75) is 38.6 Å². The van der Waals surface area contributed by atoms with Gasteiger partial charge in [-0.3, -0.25) is 4.79 Å². The number of hydrogen-bond acceptors (Lipinski definition) is 4. The van der Waals surface area contributed by atoms with Gasteiger partial charge in [0.2, 0.25) is 0 Å². The summed E-state index contributed by atoms with van der Waals surface area (Å²) >= 11 is 0. The van der Waals surface area contributed by atoms with Crippen molar-refractivity contribution >= 4 is 5.97 Å². The van der Waals surface area contributed by atoms with Gasteiger partial charge >= 0.3 is 5.97 Å². The molecule has 0 aromatic heterocycles. The van der Waals surface area contributed by atoms with Crippen molar-refractivity contribution < 1.29 is 14.6 Å². The Balaban J connectivity index is 2.14. The van der Waals surface area contributed by atoms with Crippen LogP contribution in [-0.4, -0.2) is 61.4 Å². The van der Waals surface area contributed by atoms with Crippen molar-refractivity contribution in [2.24, 2.45) is 5.92 Å². The monoisotopic (exact) mass is 272 g/mol. The summed E-state index contributed by atoms with van der Waals surface area (Å²) in [5.41, 5.74) is -0.835. The van der Waals surface area contributed by atoms with E-state index in [1.807, 2.05) is 14.0 Å². The lowest BCUT2D eigenvalue weighted by Gasteiger charge is -2.28. The fourth-order valence-corrected chi connectivity index (χ4v) is 1.94. The second kappa shape index (κ2) is 7.82. The van der Waals surface area contributed by atoms with Gasteiger partial charge in [-0.15, -0.1) is 0 Å². The van der Waals surface area contributed by atoms with Crippen LogP contribution in [0.5, 0.6) is 0 Å². The van der Waals surface area contributed by atoms with Crippen molar-refractivity contribution in [3.05, 3.63) is 0 Å². The Morgan fingerprint density at radius 3 is 2.68 bits per heavy atom. The highest BCUT2D eigenvalue weighted by atomic mass is 16.5. The van der Waals surface area contributed by atoms with Gasteiger partial charge in [0.1, 0.15) is 5.54 Å². The number of aliphatic carboxylic acids is 1. The maximum absolute atomic E-state index is 11.3. The van der Waals surface area contributed by atoms with Gasteiger partial charge < -0.3 is 20.1 Å². The summed E-state index contributed by atoms with van der Waals surface area (Å²) in [5.74, 6) is 0.0158. The fourth-order valence-electron chi connectivity index (χ4n) is 1.94. The predicted molar refractivity (Wildman–Crippen MR) is 75.4 cm³/mol. The Bertz CT molecular complexity index is 282. The van der Waals surface area contributed by atoms with Gasteiger partial charge in [-0.2, -0.15) is 0 Å². The average Bonchev–Trinajstić information content (AvgIpc) is 3.16. The van der Waals surface area contributed by atoms with Crippen molar-refractivity contribution in [3.63, 3.8) is 0 Å². The summed E-state index contributed by atoms with van der Waals surface area (Å²) < 4.78 is 5.58. The molecule has 1 rings (SSSR count). The molecule has 1 atom stereocenters. The molecule has 0 spiro atoms. The van der Waals surface area contributed by atoms with Crippen LogP contribution in [0.15, 0.2) is 0 Å². The zero-order valence-corrected chi connectivity index (χ0v) is 12.4. The maximum Gasteiger partial charge on any atom is 0.323 e. The molecule has 0 radical (unpaired) electrons. The first-order chi connectivity index (χ1) is 8.98. The summed E-state index contributed by atoms with van der Waals surface area (Å²) in [6, 6.07) is 0. The van der Waals surface area contributed by atoms with E-state index in [9.17, 15) is 9.90 Å². The van der Waals surface area contributed by atoms with Gasteiger partial charge in [0.15, 0.2) is 0 Å². The minimum Gasteiger partial charge on any atom is -0.480 e. The molecule has 112 valence electrons. The molecule has 1 aliphatic carbocycles. The van der Waals surface area contributed by atoms with E-state index in [0.29, 0.717) is 13.0 Å². The van der Waals surface area contributed by atoms with E-state index in [1.54, 1.807) is 6.92 Å². The van der Waals surface area contributed by atoms with Crippen LogP contribution in [0, 0.1) is 5.92 Å². The van der Waals surface area contributed by atoms with Gasteiger partial charge in [-0.05, 0) is 45.7 Å². The smallest absolute Gasteiger partial charge is 0.323 e. The largest absolute Gasteiger partial charge is 0.480 e. The number of carbonyl (C=O) groups is 1. The highest BCUT2D eigenvalue weighted by Gasteiger charge is 2.31. The standard InChI is InChI=1S/C14H28N2O3/c1-4-15-14(2,13(17)18)7-8-16(3)9-10-19-11-12-5-6-12/h12,15H,4-11H2,1-3H3,(H,17,18). The third-order valence-electron chi connectivity index (χ3n) is 3.70. The molecule has 0 amide bonds. The number of nitrogens with zero attached hydrogens (tertiary/aromatic N) is 1. The molecule has 1 saturated carbocycles. The second-order valence-corrected chi connectivity index (χ2v) is 5.74. The van der Waals surface area contributed by atoms with Crippen molar-refractivity contribution in [1.29, 1.82) is 0 Å². The number of rotatable bonds is 11. The summed E-state index contributed by atoms with van der Waals surface area (Å²) in [7, 11) is 2.01. The van der Waals surface area contributed by atoms with E-state index in [4.69, 9.17) is 4.74 Å². The van der Waals surface area contributed by atoms with E-state index >= 15 is 0 Å². The average molecular weight is 272 g/mol. The fraction of sp³-hybridized carbons (Fsp3) is 0.929. The van der Waals surface area contributed by atoms with Crippen LogP contribution in [0.1, 0.15) is 33.1 Å². The van der Waals surface area contributed by atoms with Crippen LogP contribution < -0.4 is 5.32 Å². The third kappa shape index (κ3) is 6.36. The van der Waals surface area contributed by atoms with E-state index in [-0.39, 0.29) is 0 Å². The van der Waals surface area contributed by atoms with E-state index in [0.717, 1.165) is 32.2 Å². The number of ether oxygens (including phenoxy) is 1. The molecule has 0 aromatic carbocycles. The van der Waals surface area contributed by atoms with Gasteiger partial charge in [0.25, 0.3) is 0 Å². The first-order valence-electron chi connectivity index (χ1n) is 7.22. The molecule has 2 N–H and O–H groups in total. The number of carboxylic acids is 1. The Morgan fingerprint density at radius 2 is 2.16 bits per heavy atom. The number of hydrogen-bond donors (Lipinski definition) is 2. The zero-order valence-electron chi connectivity index (χ0n) is 12.4. The summed E-state index contributed by atoms with van der Waals surface area (Å²) in [6.45, 7) is 7.57. The maximum atomic E-state index is 11.3. The van der Waals surface area contributed by atoms with Crippen LogP contribution in [0.25, 0.3) is 0 Å². The molecular formula is C14H28N2O3. The topological polar surface area (TPSA) is 61.8 Å². The molecule has 0 aromatic rings. The highest BCUT2D eigenvalue weighted by molar-refractivity contribution is 5.78. The normalized spacial score (nSPS) is 18.5. The van der Waals surface area contributed by atoms with E-state index in [1.165, 1.54) is 12.8 Å². The van der Waals surface area contributed by atoms with Crippen LogP contribution in [0.2, 0.25) is 0 Å². The summed E-state index contributed by atoms with van der Waals surface area (Å²) in [6.07, 6.45) is 3.22. The summed E-state index contributed by atoms with van der Waals surface area (Å²) in [5, 5.41) is 12.3. The van der Waals surface area contributed by atoms with Crippen molar-refractivity contribution in [3.8, 4) is 0 Å². The zero-order chi connectivity index (χ0) is 14.3. The molecule has 19 heavy (non-hydrogen) atoms. The van der Waals surface area contributed by atoms with Gasteiger partial charge in [-0.1, -0.05) is 6.92 Å². The minimum atomic E-state index is -0.835. The van der Waals surface area contributed by atoms with Crippen LogP contribution in [0.4, 0.5) is 0 Å². The number of carboxylic acid groups (broad SMARTS) is 1. The quantitative estimate of drug-likeness (QED) is 0.553.